The van der Waals surface area contributed by atoms with Gasteiger partial charge in [0.1, 0.15) is 0 Å². The van der Waals surface area contributed by atoms with E-state index in [2.05, 4.69) is 19.2 Å². The van der Waals surface area contributed by atoms with Gasteiger partial charge in [-0.3, -0.25) is 4.79 Å². The van der Waals surface area contributed by atoms with E-state index in [1.807, 2.05) is 30.3 Å². The van der Waals surface area contributed by atoms with Crippen LogP contribution >= 0.6 is 0 Å². The molecule has 0 fully saturated rings. The van der Waals surface area contributed by atoms with Crippen LogP contribution in [0.2, 0.25) is 0 Å². The van der Waals surface area contributed by atoms with Crippen LogP contribution in [0.1, 0.15) is 25.8 Å². The normalized spacial score (nSPS) is 12.4. The fourth-order valence-electron chi connectivity index (χ4n) is 2.03. The van der Waals surface area contributed by atoms with Crippen LogP contribution in [0.25, 0.3) is 0 Å². The first-order chi connectivity index (χ1) is 10.1. The van der Waals surface area contributed by atoms with E-state index in [1.54, 1.807) is 0 Å². The number of nitrogens with one attached hydrogen (secondary N) is 1. The maximum absolute atomic E-state index is 12.1. The Bertz CT molecular complexity index is 393. The lowest BCUT2D eigenvalue weighted by Crippen LogP contribution is -2.37. The van der Waals surface area contributed by atoms with Crippen LogP contribution in [0.15, 0.2) is 30.3 Å². The van der Waals surface area contributed by atoms with Gasteiger partial charge < -0.3 is 15.8 Å². The summed E-state index contributed by atoms with van der Waals surface area (Å²) in [5.41, 5.74) is 6.86. The van der Waals surface area contributed by atoms with E-state index in [9.17, 15) is 4.79 Å². The Hall–Kier alpha value is -1.39. The number of carbonyl (C=O) groups is 1. The quantitative estimate of drug-likeness (QED) is 0.648. The molecule has 0 aliphatic heterocycles. The molecule has 1 unspecified atom stereocenters. The van der Waals surface area contributed by atoms with Gasteiger partial charge in [-0.2, -0.15) is 0 Å². The van der Waals surface area contributed by atoms with Crippen LogP contribution in [-0.4, -0.2) is 32.2 Å². The van der Waals surface area contributed by atoms with Gasteiger partial charge in [0.25, 0.3) is 0 Å². The third-order valence-electron chi connectivity index (χ3n) is 3.20. The van der Waals surface area contributed by atoms with Gasteiger partial charge >= 0.3 is 0 Å². The Kier molecular flexibility index (Phi) is 8.71. The van der Waals surface area contributed by atoms with E-state index < -0.39 is 0 Å². The van der Waals surface area contributed by atoms with Crippen molar-refractivity contribution in [2.24, 2.45) is 17.6 Å². The van der Waals surface area contributed by atoms with Gasteiger partial charge in [-0.05, 0) is 24.3 Å². The molecule has 0 bridgehead atoms. The molecule has 4 nitrogen and oxygen atoms in total. The third-order valence-corrected chi connectivity index (χ3v) is 3.20. The first kappa shape index (κ1) is 17.7. The van der Waals surface area contributed by atoms with Crippen molar-refractivity contribution >= 4 is 5.91 Å². The summed E-state index contributed by atoms with van der Waals surface area (Å²) in [5, 5.41) is 2.94. The van der Waals surface area contributed by atoms with Crippen molar-refractivity contribution in [3.8, 4) is 0 Å². The molecule has 1 atom stereocenters. The molecule has 0 aliphatic rings. The molecule has 118 valence electrons. The fraction of sp³-hybridized carbons (Fsp3) is 0.588. The topological polar surface area (TPSA) is 64.3 Å². The Balaban J connectivity index is 2.22. The molecule has 1 amide bonds. The fourth-order valence-corrected chi connectivity index (χ4v) is 2.03. The van der Waals surface area contributed by atoms with Crippen molar-refractivity contribution in [2.75, 3.05) is 26.3 Å². The van der Waals surface area contributed by atoms with Crippen LogP contribution in [0, 0.1) is 11.8 Å². The third kappa shape index (κ3) is 7.83. The van der Waals surface area contributed by atoms with Crippen molar-refractivity contribution < 1.29 is 9.53 Å². The first-order valence-electron chi connectivity index (χ1n) is 7.73. The molecule has 0 radical (unpaired) electrons. The number of rotatable bonds is 10. The highest BCUT2D eigenvalue weighted by molar-refractivity contribution is 5.79. The molecule has 21 heavy (non-hydrogen) atoms. The molecule has 0 saturated heterocycles. The summed E-state index contributed by atoms with van der Waals surface area (Å²) in [6, 6.07) is 9.98. The van der Waals surface area contributed by atoms with Gasteiger partial charge in [-0.1, -0.05) is 44.2 Å². The number of nitrogens with two attached hydrogens (primary N) is 1. The zero-order chi connectivity index (χ0) is 15.5. The minimum Gasteiger partial charge on any atom is -0.381 e. The second kappa shape index (κ2) is 10.4. The average Bonchev–Trinajstić information content (AvgIpc) is 2.48. The zero-order valence-corrected chi connectivity index (χ0v) is 13.2. The predicted molar refractivity (Wildman–Crippen MR) is 86.0 cm³/mol. The monoisotopic (exact) mass is 292 g/mol. The molecule has 3 N–H and O–H groups in total. The van der Waals surface area contributed by atoms with E-state index in [1.165, 1.54) is 0 Å². The van der Waals surface area contributed by atoms with Crippen molar-refractivity contribution in [1.29, 1.82) is 0 Å². The Morgan fingerprint density at radius 2 is 2.00 bits per heavy atom. The SMILES string of the molecule is CC(C)COCCCNC(=O)C(CN)Cc1ccccc1. The highest BCUT2D eigenvalue weighted by Gasteiger charge is 2.16. The maximum atomic E-state index is 12.1. The molecule has 0 aromatic heterocycles. The standard InChI is InChI=1S/C17H28N2O2/c1-14(2)13-21-10-6-9-19-17(20)16(12-18)11-15-7-4-3-5-8-15/h3-5,7-8,14,16H,6,9-13,18H2,1-2H3,(H,19,20). The molecule has 0 heterocycles. The van der Waals surface area contributed by atoms with Gasteiger partial charge in [0, 0.05) is 26.3 Å². The number of hydrogen-bond acceptors (Lipinski definition) is 3. The van der Waals surface area contributed by atoms with Crippen molar-refractivity contribution in [2.45, 2.75) is 26.7 Å². The van der Waals surface area contributed by atoms with Gasteiger partial charge in [0.2, 0.25) is 5.91 Å². The number of ether oxygens (including phenoxy) is 1. The summed E-state index contributed by atoms with van der Waals surface area (Å²) in [6.45, 7) is 6.71. The summed E-state index contributed by atoms with van der Waals surface area (Å²) < 4.78 is 5.48. The van der Waals surface area contributed by atoms with Gasteiger partial charge in [0.15, 0.2) is 0 Å². The summed E-state index contributed by atoms with van der Waals surface area (Å²) in [5.74, 6) is 0.418. The largest absolute Gasteiger partial charge is 0.381 e. The number of carbonyl (C=O) groups excluding carboxylic acids is 1. The van der Waals surface area contributed by atoms with Crippen LogP contribution in [0.5, 0.6) is 0 Å². The molecule has 0 saturated carbocycles. The summed E-state index contributed by atoms with van der Waals surface area (Å²) in [6.07, 6.45) is 1.52. The smallest absolute Gasteiger partial charge is 0.224 e. The van der Waals surface area contributed by atoms with Gasteiger partial charge in [0.05, 0.1) is 5.92 Å². The lowest BCUT2D eigenvalue weighted by molar-refractivity contribution is -0.124. The van der Waals surface area contributed by atoms with Crippen LogP contribution in [-0.2, 0) is 16.0 Å². The lowest BCUT2D eigenvalue weighted by atomic mass is 9.98. The molecule has 4 heteroatoms. The van der Waals surface area contributed by atoms with E-state index in [-0.39, 0.29) is 11.8 Å². The van der Waals surface area contributed by atoms with E-state index in [4.69, 9.17) is 10.5 Å². The molecule has 1 aromatic rings. The van der Waals surface area contributed by atoms with Crippen molar-refractivity contribution in [3.05, 3.63) is 35.9 Å². The molecular formula is C17H28N2O2. The summed E-state index contributed by atoms with van der Waals surface area (Å²) in [7, 11) is 0. The average molecular weight is 292 g/mol. The van der Waals surface area contributed by atoms with Gasteiger partial charge in [-0.25, -0.2) is 0 Å². The molecular weight excluding hydrogens is 264 g/mol. The number of amides is 1. The molecule has 1 aromatic carbocycles. The van der Waals surface area contributed by atoms with Crippen LogP contribution < -0.4 is 11.1 Å². The lowest BCUT2D eigenvalue weighted by Gasteiger charge is -2.15. The Morgan fingerprint density at radius 1 is 1.29 bits per heavy atom. The zero-order valence-electron chi connectivity index (χ0n) is 13.2. The molecule has 0 aliphatic carbocycles. The Labute approximate surface area is 128 Å². The second-order valence-electron chi connectivity index (χ2n) is 5.74. The van der Waals surface area contributed by atoms with E-state index >= 15 is 0 Å². The first-order valence-corrected chi connectivity index (χ1v) is 7.73. The van der Waals surface area contributed by atoms with E-state index in [0.29, 0.717) is 32.0 Å². The Morgan fingerprint density at radius 3 is 2.62 bits per heavy atom. The van der Waals surface area contributed by atoms with Crippen LogP contribution in [0.4, 0.5) is 0 Å². The van der Waals surface area contributed by atoms with Gasteiger partial charge in [-0.15, -0.1) is 0 Å². The number of hydrogen-bond donors (Lipinski definition) is 2. The molecule has 1 rings (SSSR count). The minimum atomic E-state index is -0.163. The van der Waals surface area contributed by atoms with Crippen molar-refractivity contribution in [1.82, 2.24) is 5.32 Å². The maximum Gasteiger partial charge on any atom is 0.224 e. The highest BCUT2D eigenvalue weighted by Crippen LogP contribution is 2.08. The summed E-state index contributed by atoms with van der Waals surface area (Å²) in [4.78, 5) is 12.1. The second-order valence-corrected chi connectivity index (χ2v) is 5.74. The summed E-state index contributed by atoms with van der Waals surface area (Å²) >= 11 is 0. The minimum absolute atomic E-state index is 0.0326. The molecule has 0 spiro atoms. The number of benzene rings is 1. The predicted octanol–water partition coefficient (Wildman–Crippen LogP) is 1.98. The van der Waals surface area contributed by atoms with E-state index in [0.717, 1.165) is 18.6 Å². The highest BCUT2D eigenvalue weighted by atomic mass is 16.5. The van der Waals surface area contributed by atoms with Crippen LogP contribution in [0.3, 0.4) is 0 Å². The van der Waals surface area contributed by atoms with Crippen molar-refractivity contribution in [3.63, 3.8) is 0 Å².